The molecule has 3 rings (SSSR count). The van der Waals surface area contributed by atoms with Gasteiger partial charge in [-0.15, -0.1) is 0 Å². The molecule has 0 aromatic heterocycles. The van der Waals surface area contributed by atoms with E-state index in [0.717, 1.165) is 12.5 Å². The average molecular weight is 286 g/mol. The molecule has 2 unspecified atom stereocenters. The lowest BCUT2D eigenvalue weighted by Crippen LogP contribution is -2.22. The van der Waals surface area contributed by atoms with Gasteiger partial charge in [-0.25, -0.2) is 0 Å². The summed E-state index contributed by atoms with van der Waals surface area (Å²) >= 11 is 0. The molecule has 0 spiro atoms. The number of likely N-dealkylation sites (tertiary alicyclic amines) is 1. The fourth-order valence-electron chi connectivity index (χ4n) is 3.83. The van der Waals surface area contributed by atoms with Gasteiger partial charge in [0, 0.05) is 18.3 Å². The minimum Gasteiger partial charge on any atom is -0.382 e. The number of nitrogens with one attached hydrogen (secondary N) is 1. The van der Waals surface area contributed by atoms with E-state index >= 15 is 0 Å². The summed E-state index contributed by atoms with van der Waals surface area (Å²) in [6.45, 7) is 6.07. The van der Waals surface area contributed by atoms with Crippen LogP contribution in [0.5, 0.6) is 0 Å². The van der Waals surface area contributed by atoms with Gasteiger partial charge in [0.1, 0.15) is 0 Å². The highest BCUT2D eigenvalue weighted by atomic mass is 15.1. The Bertz CT molecular complexity index is 437. The lowest BCUT2D eigenvalue weighted by molar-refractivity contribution is 0.332. The number of nitrogens with zero attached hydrogens (tertiary/aromatic N) is 1. The van der Waals surface area contributed by atoms with Gasteiger partial charge in [0.2, 0.25) is 0 Å². The molecule has 0 radical (unpaired) electrons. The second-order valence-electron chi connectivity index (χ2n) is 7.10. The normalized spacial score (nSPS) is 27.5. The molecule has 1 saturated heterocycles. The lowest BCUT2D eigenvalue weighted by atomic mass is 10.0. The molecule has 2 nitrogen and oxygen atoms in total. The molecule has 21 heavy (non-hydrogen) atoms. The molecule has 1 N–H and O–H groups in total. The molecule has 0 bridgehead atoms. The van der Waals surface area contributed by atoms with E-state index in [1.165, 1.54) is 69.3 Å². The molecule has 1 aromatic carbocycles. The number of anilines is 1. The minimum atomic E-state index is 0.676. The van der Waals surface area contributed by atoms with Gasteiger partial charge in [-0.2, -0.15) is 0 Å². The van der Waals surface area contributed by atoms with Crippen molar-refractivity contribution < 1.29 is 0 Å². The van der Waals surface area contributed by atoms with Crippen molar-refractivity contribution in [2.75, 3.05) is 18.4 Å². The number of hydrogen-bond acceptors (Lipinski definition) is 2. The van der Waals surface area contributed by atoms with Crippen molar-refractivity contribution in [3.05, 3.63) is 29.8 Å². The van der Waals surface area contributed by atoms with E-state index in [0.29, 0.717) is 6.04 Å². The van der Waals surface area contributed by atoms with Crippen LogP contribution in [0, 0.1) is 5.92 Å². The Labute approximate surface area is 129 Å². The SMILES string of the molecule is CC1CCCC(Nc2ccccc2CN2CCCC2)CC1. The highest BCUT2D eigenvalue weighted by Crippen LogP contribution is 2.27. The summed E-state index contributed by atoms with van der Waals surface area (Å²) in [6.07, 6.45) is 9.58. The van der Waals surface area contributed by atoms with Gasteiger partial charge in [0.05, 0.1) is 0 Å². The molecular weight excluding hydrogens is 256 g/mol. The van der Waals surface area contributed by atoms with E-state index in [1.54, 1.807) is 0 Å². The Morgan fingerprint density at radius 2 is 1.81 bits per heavy atom. The lowest BCUT2D eigenvalue weighted by Gasteiger charge is -2.22. The average Bonchev–Trinajstić information content (AvgIpc) is 2.91. The number of benzene rings is 1. The van der Waals surface area contributed by atoms with Crippen LogP contribution in [0.1, 0.15) is 57.4 Å². The van der Waals surface area contributed by atoms with Gasteiger partial charge >= 0.3 is 0 Å². The van der Waals surface area contributed by atoms with Gasteiger partial charge < -0.3 is 5.32 Å². The Morgan fingerprint density at radius 3 is 2.67 bits per heavy atom. The number of para-hydroxylation sites is 1. The molecule has 1 heterocycles. The summed E-state index contributed by atoms with van der Waals surface area (Å²) in [5.41, 5.74) is 2.86. The van der Waals surface area contributed by atoms with Crippen molar-refractivity contribution in [2.24, 2.45) is 5.92 Å². The molecule has 1 aliphatic carbocycles. The number of hydrogen-bond donors (Lipinski definition) is 1. The topological polar surface area (TPSA) is 15.3 Å². The first-order valence-corrected chi connectivity index (χ1v) is 8.88. The van der Waals surface area contributed by atoms with E-state index in [1.807, 2.05) is 0 Å². The predicted molar refractivity (Wildman–Crippen MR) is 90.6 cm³/mol. The maximum absolute atomic E-state index is 3.86. The van der Waals surface area contributed by atoms with Crippen LogP contribution in [0.15, 0.2) is 24.3 Å². The summed E-state index contributed by atoms with van der Waals surface area (Å²) in [5, 5.41) is 3.86. The first-order valence-electron chi connectivity index (χ1n) is 8.88. The second kappa shape index (κ2) is 7.31. The van der Waals surface area contributed by atoms with E-state index in [9.17, 15) is 0 Å². The Kier molecular flexibility index (Phi) is 5.18. The van der Waals surface area contributed by atoms with Gasteiger partial charge in [-0.1, -0.05) is 38.0 Å². The zero-order valence-electron chi connectivity index (χ0n) is 13.5. The fraction of sp³-hybridized carbons (Fsp3) is 0.684. The van der Waals surface area contributed by atoms with E-state index < -0.39 is 0 Å². The molecule has 1 aromatic rings. The summed E-state index contributed by atoms with van der Waals surface area (Å²) in [5.74, 6) is 0.914. The van der Waals surface area contributed by atoms with Crippen LogP contribution < -0.4 is 5.32 Å². The third-order valence-corrected chi connectivity index (χ3v) is 5.23. The summed E-state index contributed by atoms with van der Waals surface area (Å²) in [6, 6.07) is 9.62. The molecule has 1 saturated carbocycles. The Balaban J connectivity index is 1.63. The van der Waals surface area contributed by atoms with Gasteiger partial charge in [0.15, 0.2) is 0 Å². The molecule has 2 aliphatic rings. The molecular formula is C19H30N2. The molecule has 2 fully saturated rings. The van der Waals surface area contributed by atoms with Gasteiger partial charge in [-0.05, 0) is 62.7 Å². The predicted octanol–water partition coefficient (Wildman–Crippen LogP) is 4.66. The highest BCUT2D eigenvalue weighted by molar-refractivity contribution is 5.51. The van der Waals surface area contributed by atoms with Crippen LogP contribution in [0.4, 0.5) is 5.69 Å². The van der Waals surface area contributed by atoms with Crippen LogP contribution in [-0.2, 0) is 6.54 Å². The summed E-state index contributed by atoms with van der Waals surface area (Å²) in [7, 11) is 0. The van der Waals surface area contributed by atoms with E-state index in [2.05, 4.69) is 41.4 Å². The quantitative estimate of drug-likeness (QED) is 0.810. The fourth-order valence-corrected chi connectivity index (χ4v) is 3.83. The van der Waals surface area contributed by atoms with Crippen molar-refractivity contribution in [3.8, 4) is 0 Å². The first-order chi connectivity index (χ1) is 10.3. The third-order valence-electron chi connectivity index (χ3n) is 5.23. The van der Waals surface area contributed by atoms with Crippen LogP contribution in [-0.4, -0.2) is 24.0 Å². The number of rotatable bonds is 4. The highest BCUT2D eigenvalue weighted by Gasteiger charge is 2.18. The Morgan fingerprint density at radius 1 is 1.00 bits per heavy atom. The van der Waals surface area contributed by atoms with Crippen LogP contribution in [0.25, 0.3) is 0 Å². The second-order valence-corrected chi connectivity index (χ2v) is 7.10. The smallest absolute Gasteiger partial charge is 0.0388 e. The molecule has 2 heteroatoms. The van der Waals surface area contributed by atoms with Crippen molar-refractivity contribution >= 4 is 5.69 Å². The maximum Gasteiger partial charge on any atom is 0.0388 e. The molecule has 0 amide bonds. The van der Waals surface area contributed by atoms with Crippen molar-refractivity contribution in [3.63, 3.8) is 0 Å². The zero-order chi connectivity index (χ0) is 14.5. The van der Waals surface area contributed by atoms with Gasteiger partial charge in [0.25, 0.3) is 0 Å². The summed E-state index contributed by atoms with van der Waals surface area (Å²) in [4.78, 5) is 2.59. The van der Waals surface area contributed by atoms with Crippen LogP contribution in [0.2, 0.25) is 0 Å². The van der Waals surface area contributed by atoms with E-state index in [4.69, 9.17) is 0 Å². The minimum absolute atomic E-state index is 0.676. The zero-order valence-corrected chi connectivity index (χ0v) is 13.5. The molecule has 2 atom stereocenters. The van der Waals surface area contributed by atoms with Gasteiger partial charge in [-0.3, -0.25) is 4.90 Å². The third kappa shape index (κ3) is 4.23. The Hall–Kier alpha value is -1.02. The van der Waals surface area contributed by atoms with Crippen LogP contribution in [0.3, 0.4) is 0 Å². The maximum atomic E-state index is 3.86. The van der Waals surface area contributed by atoms with Crippen molar-refractivity contribution in [1.29, 1.82) is 0 Å². The molecule has 116 valence electrons. The van der Waals surface area contributed by atoms with Crippen molar-refractivity contribution in [2.45, 2.75) is 64.5 Å². The van der Waals surface area contributed by atoms with Crippen molar-refractivity contribution in [1.82, 2.24) is 4.90 Å². The molecule has 1 aliphatic heterocycles. The van der Waals surface area contributed by atoms with Crippen LogP contribution >= 0.6 is 0 Å². The summed E-state index contributed by atoms with van der Waals surface area (Å²) < 4.78 is 0. The monoisotopic (exact) mass is 286 g/mol. The largest absolute Gasteiger partial charge is 0.382 e. The van der Waals surface area contributed by atoms with E-state index in [-0.39, 0.29) is 0 Å². The standard InChI is InChI=1S/C19H30N2/c1-16-7-6-9-18(12-11-16)20-19-10-3-2-8-17(19)15-21-13-4-5-14-21/h2-3,8,10,16,18,20H,4-7,9,11-15H2,1H3. The first kappa shape index (κ1) is 14.9.